The van der Waals surface area contributed by atoms with Gasteiger partial charge in [0, 0.05) is 17.7 Å². The summed E-state index contributed by atoms with van der Waals surface area (Å²) in [4.78, 5) is 27.4. The van der Waals surface area contributed by atoms with Gasteiger partial charge in [0.05, 0.1) is 17.7 Å². The Kier molecular flexibility index (Phi) is 5.59. The number of ether oxygens (including phenoxy) is 3. The van der Waals surface area contributed by atoms with Crippen LogP contribution in [0.25, 0.3) is 5.76 Å². The standard InChI is InChI=1S/C24H25NO6/c1-4-11-25-21(16-7-5-6-8-17(16)31-14(2)3)20(23(27)24(25)28)22(26)15-9-10-18-19(12-15)30-13-29-18/h5-10,12,14,21,26H,4,11,13H2,1-3H3/b22-20+. The van der Waals surface area contributed by atoms with Gasteiger partial charge in [-0.2, -0.15) is 0 Å². The number of nitrogens with zero attached hydrogens (tertiary/aromatic N) is 1. The number of aliphatic hydroxyl groups is 1. The molecule has 2 aromatic rings. The van der Waals surface area contributed by atoms with Crippen LogP contribution in [0.4, 0.5) is 0 Å². The second-order valence-corrected chi connectivity index (χ2v) is 7.76. The van der Waals surface area contributed by atoms with E-state index in [0.29, 0.717) is 41.3 Å². The number of hydrogen-bond acceptors (Lipinski definition) is 6. The number of likely N-dealkylation sites (tertiary alicyclic amines) is 1. The lowest BCUT2D eigenvalue weighted by molar-refractivity contribution is -0.139. The summed E-state index contributed by atoms with van der Waals surface area (Å²) in [5.41, 5.74) is 1.08. The van der Waals surface area contributed by atoms with Gasteiger partial charge in [-0.1, -0.05) is 25.1 Å². The highest BCUT2D eigenvalue weighted by Gasteiger charge is 2.46. The van der Waals surface area contributed by atoms with Crippen LogP contribution in [-0.2, 0) is 9.59 Å². The molecule has 2 aromatic carbocycles. The summed E-state index contributed by atoms with van der Waals surface area (Å²) in [5.74, 6) is 0.0188. The van der Waals surface area contributed by atoms with E-state index < -0.39 is 17.7 Å². The van der Waals surface area contributed by atoms with E-state index >= 15 is 0 Å². The zero-order chi connectivity index (χ0) is 22.1. The highest BCUT2D eigenvalue weighted by molar-refractivity contribution is 6.46. The summed E-state index contributed by atoms with van der Waals surface area (Å²) >= 11 is 0. The van der Waals surface area contributed by atoms with Crippen molar-refractivity contribution in [3.63, 3.8) is 0 Å². The van der Waals surface area contributed by atoms with E-state index in [1.54, 1.807) is 18.2 Å². The Labute approximate surface area is 180 Å². The number of aliphatic hydroxyl groups excluding tert-OH is 1. The molecule has 7 nitrogen and oxygen atoms in total. The normalized spacial score (nSPS) is 19.4. The molecule has 1 unspecified atom stereocenters. The van der Waals surface area contributed by atoms with E-state index in [4.69, 9.17) is 14.2 Å². The lowest BCUT2D eigenvalue weighted by Crippen LogP contribution is -2.30. The van der Waals surface area contributed by atoms with Gasteiger partial charge in [-0.3, -0.25) is 9.59 Å². The molecule has 2 heterocycles. The van der Waals surface area contributed by atoms with Gasteiger partial charge in [-0.15, -0.1) is 0 Å². The quantitative estimate of drug-likeness (QED) is 0.429. The Morgan fingerprint density at radius 1 is 1.16 bits per heavy atom. The molecule has 0 bridgehead atoms. The highest BCUT2D eigenvalue weighted by atomic mass is 16.7. The topological polar surface area (TPSA) is 85.3 Å². The average molecular weight is 423 g/mol. The van der Waals surface area contributed by atoms with Gasteiger partial charge in [0.25, 0.3) is 11.7 Å². The zero-order valence-corrected chi connectivity index (χ0v) is 17.8. The smallest absolute Gasteiger partial charge is 0.295 e. The second kappa shape index (κ2) is 8.34. The molecule has 31 heavy (non-hydrogen) atoms. The lowest BCUT2D eigenvalue weighted by Gasteiger charge is -2.27. The van der Waals surface area contributed by atoms with E-state index in [1.165, 1.54) is 4.90 Å². The van der Waals surface area contributed by atoms with Crippen molar-refractivity contribution in [3.05, 3.63) is 59.2 Å². The van der Waals surface area contributed by atoms with Gasteiger partial charge in [-0.05, 0) is 44.5 Å². The van der Waals surface area contributed by atoms with Crippen LogP contribution in [0.3, 0.4) is 0 Å². The molecule has 0 spiro atoms. The molecule has 1 saturated heterocycles. The van der Waals surface area contributed by atoms with Crippen molar-refractivity contribution in [3.8, 4) is 17.2 Å². The molecule has 2 aliphatic rings. The molecular formula is C24H25NO6. The van der Waals surface area contributed by atoms with Crippen molar-refractivity contribution in [2.75, 3.05) is 13.3 Å². The summed E-state index contributed by atoms with van der Waals surface area (Å²) in [7, 11) is 0. The second-order valence-electron chi connectivity index (χ2n) is 7.76. The van der Waals surface area contributed by atoms with Gasteiger partial charge in [-0.25, -0.2) is 0 Å². The van der Waals surface area contributed by atoms with E-state index in [2.05, 4.69) is 0 Å². The molecule has 162 valence electrons. The van der Waals surface area contributed by atoms with Crippen molar-refractivity contribution < 1.29 is 28.9 Å². The summed E-state index contributed by atoms with van der Waals surface area (Å²) < 4.78 is 16.7. The minimum atomic E-state index is -0.750. The summed E-state index contributed by atoms with van der Waals surface area (Å²) in [6, 6.07) is 11.5. The van der Waals surface area contributed by atoms with E-state index in [0.717, 1.165) is 0 Å². The molecule has 0 aromatic heterocycles. The summed E-state index contributed by atoms with van der Waals surface area (Å²) in [6.45, 7) is 6.23. The minimum Gasteiger partial charge on any atom is -0.507 e. The number of rotatable bonds is 6. The number of Topliss-reactive ketones (excluding diaryl/α,β-unsaturated/α-hetero) is 1. The Bertz CT molecular complexity index is 1060. The number of amides is 1. The van der Waals surface area contributed by atoms with Gasteiger partial charge < -0.3 is 24.2 Å². The first-order chi connectivity index (χ1) is 14.9. The van der Waals surface area contributed by atoms with Crippen molar-refractivity contribution in [2.45, 2.75) is 39.3 Å². The molecule has 4 rings (SSSR count). The van der Waals surface area contributed by atoms with Crippen LogP contribution >= 0.6 is 0 Å². The fourth-order valence-electron chi connectivity index (χ4n) is 3.94. The molecule has 1 atom stereocenters. The minimum absolute atomic E-state index is 0.0390. The van der Waals surface area contributed by atoms with Crippen LogP contribution in [-0.4, -0.2) is 41.1 Å². The molecular weight excluding hydrogens is 398 g/mol. The predicted octanol–water partition coefficient (Wildman–Crippen LogP) is 4.03. The van der Waals surface area contributed by atoms with Gasteiger partial charge in [0.15, 0.2) is 11.5 Å². The Morgan fingerprint density at radius 3 is 2.65 bits per heavy atom. The molecule has 0 saturated carbocycles. The van der Waals surface area contributed by atoms with Crippen molar-refractivity contribution in [1.82, 2.24) is 4.90 Å². The van der Waals surface area contributed by atoms with E-state index in [-0.39, 0.29) is 24.2 Å². The average Bonchev–Trinajstić information content (AvgIpc) is 3.31. The highest BCUT2D eigenvalue weighted by Crippen LogP contribution is 2.44. The van der Waals surface area contributed by atoms with E-state index in [9.17, 15) is 14.7 Å². The number of hydrogen-bond donors (Lipinski definition) is 1. The number of carbonyl (C=O) groups is 2. The third kappa shape index (κ3) is 3.71. The molecule has 7 heteroatoms. The summed E-state index contributed by atoms with van der Waals surface area (Å²) in [5, 5.41) is 11.2. The predicted molar refractivity (Wildman–Crippen MR) is 114 cm³/mol. The Hall–Kier alpha value is -3.48. The van der Waals surface area contributed by atoms with Crippen LogP contribution in [0.5, 0.6) is 17.2 Å². The van der Waals surface area contributed by atoms with Gasteiger partial charge >= 0.3 is 0 Å². The molecule has 2 aliphatic heterocycles. The number of fused-ring (bicyclic) bond motifs is 1. The molecule has 0 radical (unpaired) electrons. The third-order valence-electron chi connectivity index (χ3n) is 5.23. The Morgan fingerprint density at radius 2 is 1.90 bits per heavy atom. The number of benzene rings is 2. The Balaban J connectivity index is 1.88. The maximum absolute atomic E-state index is 13.1. The van der Waals surface area contributed by atoms with Crippen molar-refractivity contribution in [2.24, 2.45) is 0 Å². The van der Waals surface area contributed by atoms with Crippen LogP contribution in [0.1, 0.15) is 44.4 Å². The fraction of sp³-hybridized carbons (Fsp3) is 0.333. The molecule has 1 N–H and O–H groups in total. The van der Waals surface area contributed by atoms with Gasteiger partial charge in [0.2, 0.25) is 6.79 Å². The third-order valence-corrected chi connectivity index (χ3v) is 5.23. The maximum atomic E-state index is 13.1. The lowest BCUT2D eigenvalue weighted by atomic mass is 9.94. The fourth-order valence-corrected chi connectivity index (χ4v) is 3.94. The number of para-hydroxylation sites is 1. The molecule has 1 fully saturated rings. The monoisotopic (exact) mass is 423 g/mol. The first-order valence-electron chi connectivity index (χ1n) is 10.4. The zero-order valence-electron chi connectivity index (χ0n) is 17.8. The summed E-state index contributed by atoms with van der Waals surface area (Å²) in [6.07, 6.45) is 0.573. The maximum Gasteiger partial charge on any atom is 0.295 e. The van der Waals surface area contributed by atoms with Gasteiger partial charge in [0.1, 0.15) is 11.5 Å². The first-order valence-corrected chi connectivity index (χ1v) is 10.4. The van der Waals surface area contributed by atoms with Crippen LogP contribution in [0.15, 0.2) is 48.0 Å². The first kappa shape index (κ1) is 20.8. The van der Waals surface area contributed by atoms with Crippen LogP contribution in [0.2, 0.25) is 0 Å². The van der Waals surface area contributed by atoms with Crippen molar-refractivity contribution in [1.29, 1.82) is 0 Å². The SMILES string of the molecule is CCCN1C(=O)C(=O)/C(=C(/O)c2ccc3c(c2)OCO3)C1c1ccccc1OC(C)C. The largest absolute Gasteiger partial charge is 0.507 e. The number of carbonyl (C=O) groups excluding carboxylic acids is 2. The van der Waals surface area contributed by atoms with Crippen LogP contribution in [0, 0.1) is 0 Å². The van der Waals surface area contributed by atoms with Crippen molar-refractivity contribution >= 4 is 17.4 Å². The van der Waals surface area contributed by atoms with E-state index in [1.807, 2.05) is 45.0 Å². The molecule has 1 amide bonds. The molecule has 0 aliphatic carbocycles. The number of ketones is 1. The van der Waals surface area contributed by atoms with Crippen LogP contribution < -0.4 is 14.2 Å².